The first-order valence-electron chi connectivity index (χ1n) is 5.06. The van der Waals surface area contributed by atoms with Crippen molar-refractivity contribution >= 4 is 0 Å². The Balaban J connectivity index is 2.46. The summed E-state index contributed by atoms with van der Waals surface area (Å²) in [5.74, 6) is 0.109. The molecule has 3 heteroatoms. The zero-order chi connectivity index (χ0) is 11.3. The lowest BCUT2D eigenvalue weighted by atomic mass is 9.88. The van der Waals surface area contributed by atoms with Gasteiger partial charge in [0, 0.05) is 17.0 Å². The third-order valence-electron chi connectivity index (χ3n) is 3.68. The summed E-state index contributed by atoms with van der Waals surface area (Å²) in [4.78, 5) is 0. The average Bonchev–Trinajstić information content (AvgIpc) is 2.69. The topological polar surface area (TPSA) is 60.7 Å². The smallest absolute Gasteiger partial charge is 0.123 e. The molecule has 0 amide bonds. The van der Waals surface area contributed by atoms with Gasteiger partial charge in [-0.15, -0.1) is 0 Å². The summed E-state index contributed by atoms with van der Waals surface area (Å²) < 4.78 is 0. The van der Waals surface area contributed by atoms with Crippen molar-refractivity contribution in [2.24, 2.45) is 5.41 Å². The summed E-state index contributed by atoms with van der Waals surface area (Å²) in [6.45, 7) is 4.16. The normalized spacial score (nSPS) is 27.7. The van der Waals surface area contributed by atoms with E-state index < -0.39 is 0 Å². The minimum absolute atomic E-state index is 0.0101. The second-order valence-corrected chi connectivity index (χ2v) is 5.00. The van der Waals surface area contributed by atoms with E-state index in [1.54, 1.807) is 12.1 Å². The highest BCUT2D eigenvalue weighted by Crippen LogP contribution is 2.65. The second-order valence-electron chi connectivity index (χ2n) is 5.00. The van der Waals surface area contributed by atoms with Crippen LogP contribution in [0.3, 0.4) is 0 Å². The quantitative estimate of drug-likeness (QED) is 0.694. The molecule has 0 aliphatic heterocycles. The van der Waals surface area contributed by atoms with E-state index in [1.165, 1.54) is 6.07 Å². The Kier molecular flexibility index (Phi) is 1.98. The van der Waals surface area contributed by atoms with Crippen LogP contribution in [-0.4, -0.2) is 21.9 Å². The van der Waals surface area contributed by atoms with Crippen LogP contribution in [-0.2, 0) is 5.41 Å². The van der Waals surface area contributed by atoms with Crippen LogP contribution in [0.2, 0.25) is 0 Å². The molecule has 1 atom stereocenters. The highest BCUT2D eigenvalue weighted by Gasteiger charge is 2.62. The van der Waals surface area contributed by atoms with Crippen LogP contribution >= 0.6 is 0 Å². The Hall–Kier alpha value is -1.22. The van der Waals surface area contributed by atoms with Crippen molar-refractivity contribution in [3.63, 3.8) is 0 Å². The number of phenols is 2. The molecular weight excluding hydrogens is 192 g/mol. The number of benzene rings is 1. The largest absolute Gasteiger partial charge is 0.508 e. The lowest BCUT2D eigenvalue weighted by molar-refractivity contribution is 0.228. The van der Waals surface area contributed by atoms with Gasteiger partial charge in [0.25, 0.3) is 0 Å². The van der Waals surface area contributed by atoms with Crippen LogP contribution in [0.1, 0.15) is 25.8 Å². The first kappa shape index (κ1) is 10.3. The summed E-state index contributed by atoms with van der Waals surface area (Å²) in [7, 11) is 0. The molecule has 1 aliphatic carbocycles. The van der Waals surface area contributed by atoms with E-state index in [0.29, 0.717) is 0 Å². The summed E-state index contributed by atoms with van der Waals surface area (Å²) in [5, 5.41) is 28.4. The standard InChI is InChI=1S/C12H16O3/c1-11(2)6-12(11,7-13)9-4-3-8(14)5-10(9)15/h3-5,13-15H,6-7H2,1-2H3. The first-order valence-corrected chi connectivity index (χ1v) is 5.06. The predicted octanol–water partition coefficient (Wildman–Crippen LogP) is 1.76. The van der Waals surface area contributed by atoms with Crippen LogP contribution < -0.4 is 0 Å². The van der Waals surface area contributed by atoms with Crippen molar-refractivity contribution in [2.45, 2.75) is 25.7 Å². The number of hydrogen-bond acceptors (Lipinski definition) is 3. The van der Waals surface area contributed by atoms with Gasteiger partial charge >= 0.3 is 0 Å². The number of hydrogen-bond donors (Lipinski definition) is 3. The maximum atomic E-state index is 9.76. The lowest BCUT2D eigenvalue weighted by Gasteiger charge is -2.19. The highest BCUT2D eigenvalue weighted by molar-refractivity contribution is 5.49. The maximum absolute atomic E-state index is 9.76. The van der Waals surface area contributed by atoms with Gasteiger partial charge in [0.1, 0.15) is 11.5 Å². The van der Waals surface area contributed by atoms with Gasteiger partial charge in [-0.3, -0.25) is 0 Å². The van der Waals surface area contributed by atoms with Crippen molar-refractivity contribution in [1.29, 1.82) is 0 Å². The molecule has 3 nitrogen and oxygen atoms in total. The number of aliphatic hydroxyl groups excluding tert-OH is 1. The number of rotatable bonds is 2. The van der Waals surface area contributed by atoms with Crippen molar-refractivity contribution in [3.05, 3.63) is 23.8 Å². The van der Waals surface area contributed by atoms with Crippen LogP contribution in [0.25, 0.3) is 0 Å². The molecule has 2 rings (SSSR count). The van der Waals surface area contributed by atoms with Gasteiger partial charge in [0.05, 0.1) is 6.61 Å². The van der Waals surface area contributed by atoms with Crippen molar-refractivity contribution in [2.75, 3.05) is 6.61 Å². The maximum Gasteiger partial charge on any atom is 0.123 e. The zero-order valence-electron chi connectivity index (χ0n) is 8.99. The minimum atomic E-state index is -0.342. The molecule has 82 valence electrons. The van der Waals surface area contributed by atoms with E-state index in [9.17, 15) is 15.3 Å². The molecule has 1 aromatic carbocycles. The predicted molar refractivity (Wildman–Crippen MR) is 56.9 cm³/mol. The molecule has 15 heavy (non-hydrogen) atoms. The third kappa shape index (κ3) is 1.30. The number of phenolic OH excluding ortho intramolecular Hbond substituents is 2. The SMILES string of the molecule is CC1(C)CC1(CO)c1ccc(O)cc1O. The Morgan fingerprint density at radius 3 is 2.27 bits per heavy atom. The Morgan fingerprint density at radius 1 is 1.27 bits per heavy atom. The molecule has 0 spiro atoms. The summed E-state index contributed by atoms with van der Waals surface area (Å²) in [5.41, 5.74) is 0.397. The minimum Gasteiger partial charge on any atom is -0.508 e. The molecule has 0 bridgehead atoms. The monoisotopic (exact) mass is 208 g/mol. The summed E-state index contributed by atoms with van der Waals surface area (Å²) >= 11 is 0. The van der Waals surface area contributed by atoms with Crippen molar-refractivity contribution < 1.29 is 15.3 Å². The van der Waals surface area contributed by atoms with Gasteiger partial charge in [-0.05, 0) is 17.9 Å². The van der Waals surface area contributed by atoms with E-state index in [-0.39, 0.29) is 28.9 Å². The van der Waals surface area contributed by atoms with E-state index in [1.807, 2.05) is 0 Å². The lowest BCUT2D eigenvalue weighted by Crippen LogP contribution is -2.19. The molecular formula is C12H16O3. The Bertz CT molecular complexity index is 398. The van der Waals surface area contributed by atoms with Gasteiger partial charge in [-0.25, -0.2) is 0 Å². The van der Waals surface area contributed by atoms with E-state index in [0.717, 1.165) is 12.0 Å². The van der Waals surface area contributed by atoms with Gasteiger partial charge in [0.15, 0.2) is 0 Å². The fourth-order valence-corrected chi connectivity index (χ4v) is 2.45. The second kappa shape index (κ2) is 2.89. The van der Waals surface area contributed by atoms with Crippen LogP contribution in [0.15, 0.2) is 18.2 Å². The molecule has 0 aromatic heterocycles. The van der Waals surface area contributed by atoms with Crippen LogP contribution in [0.4, 0.5) is 0 Å². The zero-order valence-corrected chi connectivity index (χ0v) is 8.99. The first-order chi connectivity index (χ1) is 6.93. The fourth-order valence-electron chi connectivity index (χ4n) is 2.45. The molecule has 1 unspecified atom stereocenters. The molecule has 1 aromatic rings. The molecule has 0 radical (unpaired) electrons. The van der Waals surface area contributed by atoms with Gasteiger partial charge in [0.2, 0.25) is 0 Å². The van der Waals surface area contributed by atoms with E-state index in [4.69, 9.17) is 0 Å². The van der Waals surface area contributed by atoms with Crippen LogP contribution in [0.5, 0.6) is 11.5 Å². The van der Waals surface area contributed by atoms with E-state index in [2.05, 4.69) is 13.8 Å². The Labute approximate surface area is 89.0 Å². The molecule has 0 heterocycles. The van der Waals surface area contributed by atoms with Gasteiger partial charge in [-0.1, -0.05) is 19.9 Å². The van der Waals surface area contributed by atoms with Gasteiger partial charge < -0.3 is 15.3 Å². The Morgan fingerprint density at radius 2 is 1.87 bits per heavy atom. The van der Waals surface area contributed by atoms with Gasteiger partial charge in [-0.2, -0.15) is 0 Å². The summed E-state index contributed by atoms with van der Waals surface area (Å²) in [6, 6.07) is 4.55. The fraction of sp³-hybridized carbons (Fsp3) is 0.500. The third-order valence-corrected chi connectivity index (χ3v) is 3.68. The molecule has 3 N–H and O–H groups in total. The van der Waals surface area contributed by atoms with E-state index >= 15 is 0 Å². The average molecular weight is 208 g/mol. The molecule has 0 saturated heterocycles. The summed E-state index contributed by atoms with van der Waals surface area (Å²) in [6.07, 6.45) is 0.856. The van der Waals surface area contributed by atoms with Crippen molar-refractivity contribution in [3.8, 4) is 11.5 Å². The number of aliphatic hydroxyl groups is 1. The van der Waals surface area contributed by atoms with Crippen LogP contribution in [0, 0.1) is 5.41 Å². The molecule has 1 aliphatic rings. The highest BCUT2D eigenvalue weighted by atomic mass is 16.3. The molecule has 1 saturated carbocycles. The van der Waals surface area contributed by atoms with Crippen molar-refractivity contribution in [1.82, 2.24) is 0 Å². The molecule has 1 fully saturated rings. The number of aromatic hydroxyl groups is 2.